The van der Waals surface area contributed by atoms with Crippen LogP contribution in [-0.2, 0) is 6.54 Å². The number of benzene rings is 1. The summed E-state index contributed by atoms with van der Waals surface area (Å²) >= 11 is 0. The standard InChI is InChI=1S/C16H24FNO2/c1-12-4-3-7-16(19,9-12)11-18-10-13-5-6-14(20-2)8-15(13)17/h5-6,8,12,18-19H,3-4,7,9-11H2,1-2H3. The highest BCUT2D eigenvalue weighted by molar-refractivity contribution is 5.28. The zero-order valence-corrected chi connectivity index (χ0v) is 12.3. The maximum absolute atomic E-state index is 13.8. The van der Waals surface area contributed by atoms with Crippen LogP contribution in [0, 0.1) is 11.7 Å². The summed E-state index contributed by atoms with van der Waals surface area (Å²) in [6.45, 7) is 3.11. The lowest BCUT2D eigenvalue weighted by Crippen LogP contribution is -2.43. The molecule has 2 atom stereocenters. The van der Waals surface area contributed by atoms with Gasteiger partial charge in [-0.15, -0.1) is 0 Å². The first-order chi connectivity index (χ1) is 9.52. The highest BCUT2D eigenvalue weighted by Crippen LogP contribution is 2.31. The molecule has 0 heterocycles. The second-order valence-electron chi connectivity index (χ2n) is 5.99. The van der Waals surface area contributed by atoms with Crippen LogP contribution in [0.1, 0.15) is 38.2 Å². The molecular formula is C16H24FNO2. The van der Waals surface area contributed by atoms with Crippen molar-refractivity contribution in [2.75, 3.05) is 13.7 Å². The lowest BCUT2D eigenvalue weighted by atomic mass is 9.79. The summed E-state index contributed by atoms with van der Waals surface area (Å²) in [6, 6.07) is 4.85. The van der Waals surface area contributed by atoms with Gasteiger partial charge in [-0.3, -0.25) is 0 Å². The molecule has 20 heavy (non-hydrogen) atoms. The summed E-state index contributed by atoms with van der Waals surface area (Å²) in [7, 11) is 1.52. The Hall–Kier alpha value is -1.13. The SMILES string of the molecule is COc1ccc(CNCC2(O)CCCC(C)C2)c(F)c1. The van der Waals surface area contributed by atoms with E-state index < -0.39 is 5.60 Å². The first-order valence-corrected chi connectivity index (χ1v) is 7.28. The zero-order chi connectivity index (χ0) is 14.6. The summed E-state index contributed by atoms with van der Waals surface area (Å²) in [5, 5.41) is 13.7. The van der Waals surface area contributed by atoms with E-state index in [0.717, 1.165) is 19.3 Å². The third kappa shape index (κ3) is 3.93. The van der Waals surface area contributed by atoms with E-state index in [1.165, 1.54) is 19.6 Å². The lowest BCUT2D eigenvalue weighted by molar-refractivity contribution is -0.0119. The molecule has 112 valence electrons. The number of nitrogens with one attached hydrogen (secondary N) is 1. The van der Waals surface area contributed by atoms with Gasteiger partial charge in [0.15, 0.2) is 0 Å². The minimum Gasteiger partial charge on any atom is -0.497 e. The predicted octanol–water partition coefficient (Wildman–Crippen LogP) is 2.87. The molecule has 0 aliphatic heterocycles. The Balaban J connectivity index is 1.86. The van der Waals surface area contributed by atoms with E-state index in [1.807, 2.05) is 0 Å². The van der Waals surface area contributed by atoms with Crippen molar-refractivity contribution in [1.29, 1.82) is 0 Å². The zero-order valence-electron chi connectivity index (χ0n) is 12.3. The number of hydrogen-bond acceptors (Lipinski definition) is 3. The third-order valence-corrected chi connectivity index (χ3v) is 4.10. The van der Waals surface area contributed by atoms with E-state index in [4.69, 9.17) is 4.74 Å². The maximum atomic E-state index is 13.8. The second kappa shape index (κ2) is 6.55. The molecule has 1 aromatic rings. The Bertz CT molecular complexity index is 452. The molecule has 4 heteroatoms. The van der Waals surface area contributed by atoms with Crippen LogP contribution in [0.4, 0.5) is 4.39 Å². The Morgan fingerprint density at radius 2 is 2.30 bits per heavy atom. The fourth-order valence-electron chi connectivity index (χ4n) is 3.02. The molecule has 1 saturated carbocycles. The molecule has 0 spiro atoms. The average Bonchev–Trinajstić information content (AvgIpc) is 2.40. The normalized spacial score (nSPS) is 26.5. The van der Waals surface area contributed by atoms with Crippen molar-refractivity contribution in [2.45, 2.75) is 44.8 Å². The molecular weight excluding hydrogens is 257 g/mol. The Labute approximate surface area is 120 Å². The van der Waals surface area contributed by atoms with Crippen LogP contribution in [0.3, 0.4) is 0 Å². The van der Waals surface area contributed by atoms with Gasteiger partial charge in [0, 0.05) is 24.7 Å². The fraction of sp³-hybridized carbons (Fsp3) is 0.625. The minimum absolute atomic E-state index is 0.277. The van der Waals surface area contributed by atoms with E-state index in [9.17, 15) is 9.50 Å². The van der Waals surface area contributed by atoms with Crippen LogP contribution in [0.5, 0.6) is 5.75 Å². The van der Waals surface area contributed by atoms with Crippen LogP contribution in [-0.4, -0.2) is 24.4 Å². The van der Waals surface area contributed by atoms with Gasteiger partial charge in [-0.2, -0.15) is 0 Å². The van der Waals surface area contributed by atoms with Crippen molar-refractivity contribution >= 4 is 0 Å². The van der Waals surface area contributed by atoms with Gasteiger partial charge >= 0.3 is 0 Å². The van der Waals surface area contributed by atoms with E-state index in [2.05, 4.69) is 12.2 Å². The van der Waals surface area contributed by atoms with Crippen LogP contribution in [0.2, 0.25) is 0 Å². The van der Waals surface area contributed by atoms with E-state index in [0.29, 0.717) is 30.3 Å². The molecule has 0 amide bonds. The van der Waals surface area contributed by atoms with Gasteiger partial charge in [0.05, 0.1) is 12.7 Å². The molecule has 2 N–H and O–H groups in total. The van der Waals surface area contributed by atoms with Crippen molar-refractivity contribution in [3.05, 3.63) is 29.6 Å². The summed E-state index contributed by atoms with van der Waals surface area (Å²) in [5.41, 5.74) is -0.0427. The van der Waals surface area contributed by atoms with Gasteiger partial charge < -0.3 is 15.2 Å². The second-order valence-corrected chi connectivity index (χ2v) is 5.99. The van der Waals surface area contributed by atoms with Crippen molar-refractivity contribution in [2.24, 2.45) is 5.92 Å². The van der Waals surface area contributed by atoms with Crippen LogP contribution in [0.15, 0.2) is 18.2 Å². The van der Waals surface area contributed by atoms with Crippen molar-refractivity contribution < 1.29 is 14.2 Å². The molecule has 2 rings (SSSR count). The van der Waals surface area contributed by atoms with Gasteiger partial charge in [0.2, 0.25) is 0 Å². The number of rotatable bonds is 5. The first kappa shape index (κ1) is 15.3. The summed E-state index contributed by atoms with van der Waals surface area (Å²) in [4.78, 5) is 0. The topological polar surface area (TPSA) is 41.5 Å². The molecule has 0 saturated heterocycles. The number of methoxy groups -OCH3 is 1. The number of aliphatic hydroxyl groups is 1. The van der Waals surface area contributed by atoms with Gasteiger partial charge in [0.25, 0.3) is 0 Å². The fourth-order valence-corrected chi connectivity index (χ4v) is 3.02. The molecule has 1 aliphatic carbocycles. The van der Waals surface area contributed by atoms with Gasteiger partial charge in [0.1, 0.15) is 11.6 Å². The molecule has 1 fully saturated rings. The quantitative estimate of drug-likeness (QED) is 0.872. The smallest absolute Gasteiger partial charge is 0.131 e. The Morgan fingerprint density at radius 1 is 1.50 bits per heavy atom. The molecule has 3 nitrogen and oxygen atoms in total. The maximum Gasteiger partial charge on any atom is 0.131 e. The molecule has 0 radical (unpaired) electrons. The third-order valence-electron chi connectivity index (χ3n) is 4.10. The van der Waals surface area contributed by atoms with Crippen LogP contribution in [0.25, 0.3) is 0 Å². The van der Waals surface area contributed by atoms with Crippen LogP contribution >= 0.6 is 0 Å². The summed E-state index contributed by atoms with van der Waals surface area (Å²) in [5.74, 6) is 0.806. The van der Waals surface area contributed by atoms with E-state index in [-0.39, 0.29) is 5.82 Å². The first-order valence-electron chi connectivity index (χ1n) is 7.28. The Kier molecular flexibility index (Phi) is 5.00. The van der Waals surface area contributed by atoms with Gasteiger partial charge in [-0.05, 0) is 24.8 Å². The number of ether oxygens (including phenoxy) is 1. The van der Waals surface area contributed by atoms with E-state index >= 15 is 0 Å². The molecule has 1 aromatic carbocycles. The van der Waals surface area contributed by atoms with Crippen LogP contribution < -0.4 is 10.1 Å². The monoisotopic (exact) mass is 281 g/mol. The number of halogens is 1. The lowest BCUT2D eigenvalue weighted by Gasteiger charge is -2.35. The molecule has 0 bridgehead atoms. The average molecular weight is 281 g/mol. The summed E-state index contributed by atoms with van der Waals surface area (Å²) in [6.07, 6.45) is 3.91. The van der Waals surface area contributed by atoms with Gasteiger partial charge in [-0.1, -0.05) is 25.8 Å². The Morgan fingerprint density at radius 3 is 2.95 bits per heavy atom. The largest absolute Gasteiger partial charge is 0.497 e. The number of hydrogen-bond donors (Lipinski definition) is 2. The highest BCUT2D eigenvalue weighted by atomic mass is 19.1. The van der Waals surface area contributed by atoms with Crippen molar-refractivity contribution in [3.8, 4) is 5.75 Å². The summed E-state index contributed by atoms with van der Waals surface area (Å²) < 4.78 is 18.8. The molecule has 0 aromatic heterocycles. The minimum atomic E-state index is -0.638. The van der Waals surface area contributed by atoms with Crippen molar-refractivity contribution in [1.82, 2.24) is 5.32 Å². The predicted molar refractivity (Wildman–Crippen MR) is 77.2 cm³/mol. The van der Waals surface area contributed by atoms with Gasteiger partial charge in [-0.25, -0.2) is 4.39 Å². The highest BCUT2D eigenvalue weighted by Gasteiger charge is 2.32. The van der Waals surface area contributed by atoms with E-state index in [1.54, 1.807) is 12.1 Å². The molecule has 2 unspecified atom stereocenters. The van der Waals surface area contributed by atoms with Crippen molar-refractivity contribution in [3.63, 3.8) is 0 Å². The molecule has 1 aliphatic rings.